The lowest BCUT2D eigenvalue weighted by Crippen LogP contribution is -2.40. The van der Waals surface area contributed by atoms with Gasteiger partial charge in [0.2, 0.25) is 5.95 Å². The first-order valence-corrected chi connectivity index (χ1v) is 6.29. The summed E-state index contributed by atoms with van der Waals surface area (Å²) < 4.78 is 0. The van der Waals surface area contributed by atoms with Gasteiger partial charge in [-0.2, -0.15) is 0 Å². The predicted octanol–water partition coefficient (Wildman–Crippen LogP) is 0.692. The van der Waals surface area contributed by atoms with Gasteiger partial charge in [0.25, 0.3) is 11.8 Å². The van der Waals surface area contributed by atoms with E-state index in [1.807, 2.05) is 6.07 Å². The summed E-state index contributed by atoms with van der Waals surface area (Å²) in [4.78, 5) is 32.9. The first kappa shape index (κ1) is 14.4. The van der Waals surface area contributed by atoms with E-state index in [4.69, 9.17) is 0 Å². The van der Waals surface area contributed by atoms with E-state index in [0.717, 1.165) is 0 Å². The smallest absolute Gasteiger partial charge is 0.257 e. The molecule has 0 saturated carbocycles. The number of likely N-dealkylation sites (N-methyl/N-ethyl adjacent to an activating group) is 1. The first-order valence-electron chi connectivity index (χ1n) is 6.29. The zero-order chi connectivity index (χ0) is 15.1. The van der Waals surface area contributed by atoms with Crippen molar-refractivity contribution in [3.8, 4) is 0 Å². The van der Waals surface area contributed by atoms with E-state index in [0.29, 0.717) is 5.56 Å². The van der Waals surface area contributed by atoms with E-state index >= 15 is 0 Å². The first-order chi connectivity index (χ1) is 10.2. The Hall–Kier alpha value is -2.96. The maximum Gasteiger partial charge on any atom is 0.257 e. The van der Waals surface area contributed by atoms with E-state index in [1.165, 1.54) is 4.90 Å². The van der Waals surface area contributed by atoms with Gasteiger partial charge in [-0.05, 0) is 18.2 Å². The number of hydrogen-bond acceptors (Lipinski definition) is 5. The topological polar surface area (TPSA) is 87.2 Å². The number of nitrogens with zero attached hydrogens (tertiary/aromatic N) is 3. The number of hydrogen-bond donors (Lipinski definition) is 2. The number of benzene rings is 1. The maximum absolute atomic E-state index is 12.1. The zero-order valence-electron chi connectivity index (χ0n) is 11.5. The lowest BCUT2D eigenvalue weighted by Gasteiger charge is -2.16. The fourth-order valence-corrected chi connectivity index (χ4v) is 1.62. The minimum Gasteiger partial charge on any atom is -0.332 e. The zero-order valence-corrected chi connectivity index (χ0v) is 11.5. The Morgan fingerprint density at radius 1 is 1.10 bits per heavy atom. The molecule has 0 bridgehead atoms. The number of aromatic nitrogens is 2. The molecule has 0 radical (unpaired) electrons. The highest BCUT2D eigenvalue weighted by Crippen LogP contribution is 2.02. The van der Waals surface area contributed by atoms with Crippen LogP contribution in [0.2, 0.25) is 0 Å². The molecule has 0 spiro atoms. The molecule has 1 heterocycles. The van der Waals surface area contributed by atoms with Crippen LogP contribution in [0, 0.1) is 0 Å². The second-order valence-corrected chi connectivity index (χ2v) is 4.27. The summed E-state index contributed by atoms with van der Waals surface area (Å²) in [6.07, 6.45) is 3.10. The molecular weight excluding hydrogens is 270 g/mol. The third-order valence-electron chi connectivity index (χ3n) is 2.63. The highest BCUT2D eigenvalue weighted by molar-refractivity contribution is 5.96. The Balaban J connectivity index is 1.83. The van der Waals surface area contributed by atoms with Crippen LogP contribution in [0.25, 0.3) is 0 Å². The highest BCUT2D eigenvalue weighted by atomic mass is 16.2. The van der Waals surface area contributed by atoms with Gasteiger partial charge in [0.15, 0.2) is 0 Å². The molecule has 1 aromatic carbocycles. The molecule has 108 valence electrons. The third kappa shape index (κ3) is 4.27. The van der Waals surface area contributed by atoms with Crippen molar-refractivity contribution < 1.29 is 9.59 Å². The molecule has 0 unspecified atom stereocenters. The van der Waals surface area contributed by atoms with Crippen molar-refractivity contribution in [3.63, 3.8) is 0 Å². The van der Waals surface area contributed by atoms with Crippen LogP contribution in [0.1, 0.15) is 10.4 Å². The van der Waals surface area contributed by atoms with Crippen molar-refractivity contribution in [2.75, 3.05) is 19.0 Å². The van der Waals surface area contributed by atoms with E-state index in [1.54, 1.807) is 49.8 Å². The van der Waals surface area contributed by atoms with Gasteiger partial charge >= 0.3 is 0 Å². The molecule has 0 fully saturated rings. The Kier molecular flexibility index (Phi) is 4.81. The average molecular weight is 285 g/mol. The Morgan fingerprint density at radius 2 is 1.76 bits per heavy atom. The van der Waals surface area contributed by atoms with Crippen molar-refractivity contribution in [2.24, 2.45) is 0 Å². The number of nitrogens with one attached hydrogen (secondary N) is 2. The van der Waals surface area contributed by atoms with Crippen molar-refractivity contribution in [3.05, 3.63) is 54.4 Å². The van der Waals surface area contributed by atoms with Crippen LogP contribution < -0.4 is 10.9 Å². The molecule has 2 aromatic rings. The molecule has 2 N–H and O–H groups in total. The van der Waals surface area contributed by atoms with Crippen molar-refractivity contribution in [1.82, 2.24) is 20.3 Å². The van der Waals surface area contributed by atoms with Crippen LogP contribution in [0.4, 0.5) is 5.95 Å². The largest absolute Gasteiger partial charge is 0.332 e. The number of hydrazine groups is 1. The van der Waals surface area contributed by atoms with Gasteiger partial charge in [0.05, 0.1) is 0 Å². The Labute approximate surface area is 122 Å². The minimum absolute atomic E-state index is 0.0758. The van der Waals surface area contributed by atoms with Crippen molar-refractivity contribution in [1.29, 1.82) is 0 Å². The number of rotatable bonds is 5. The second-order valence-electron chi connectivity index (χ2n) is 4.27. The van der Waals surface area contributed by atoms with Crippen LogP contribution in [0.5, 0.6) is 0 Å². The van der Waals surface area contributed by atoms with E-state index in [2.05, 4.69) is 20.8 Å². The molecule has 7 heteroatoms. The standard InChI is InChI=1S/C14H15N5O2/c1-19(13(21)11-6-3-2-4-7-11)10-12(20)17-18-14-15-8-5-9-16-14/h2-9H,10H2,1H3,(H,17,20)(H,15,16,18). The summed E-state index contributed by atoms with van der Waals surface area (Å²) in [6, 6.07) is 10.4. The molecule has 7 nitrogen and oxygen atoms in total. The second kappa shape index (κ2) is 6.99. The van der Waals surface area contributed by atoms with E-state index < -0.39 is 0 Å². The van der Waals surface area contributed by atoms with Gasteiger partial charge in [-0.25, -0.2) is 9.97 Å². The van der Waals surface area contributed by atoms with Crippen molar-refractivity contribution >= 4 is 17.8 Å². The third-order valence-corrected chi connectivity index (χ3v) is 2.63. The quantitative estimate of drug-likeness (QED) is 0.789. The minimum atomic E-state index is -0.366. The molecule has 0 atom stereocenters. The Bertz CT molecular complexity index is 603. The molecule has 0 aliphatic rings. The van der Waals surface area contributed by atoms with E-state index in [-0.39, 0.29) is 24.3 Å². The summed E-state index contributed by atoms with van der Waals surface area (Å²) in [6.45, 7) is -0.0758. The van der Waals surface area contributed by atoms with Crippen LogP contribution in [-0.4, -0.2) is 40.3 Å². The summed E-state index contributed by atoms with van der Waals surface area (Å²) in [7, 11) is 1.56. The molecular formula is C14H15N5O2. The summed E-state index contributed by atoms with van der Waals surface area (Å²) in [5.74, 6) is -0.307. The molecule has 21 heavy (non-hydrogen) atoms. The van der Waals surface area contributed by atoms with Crippen LogP contribution in [0.3, 0.4) is 0 Å². The number of carbonyl (C=O) groups is 2. The monoisotopic (exact) mass is 285 g/mol. The maximum atomic E-state index is 12.1. The molecule has 0 saturated heterocycles. The average Bonchev–Trinajstić information content (AvgIpc) is 2.54. The van der Waals surface area contributed by atoms with Gasteiger partial charge in [-0.1, -0.05) is 18.2 Å². The van der Waals surface area contributed by atoms with E-state index in [9.17, 15) is 9.59 Å². The van der Waals surface area contributed by atoms with Crippen LogP contribution >= 0.6 is 0 Å². The Morgan fingerprint density at radius 3 is 2.43 bits per heavy atom. The lowest BCUT2D eigenvalue weighted by atomic mass is 10.2. The molecule has 1 aromatic heterocycles. The molecule has 2 amide bonds. The predicted molar refractivity (Wildman–Crippen MR) is 77.2 cm³/mol. The van der Waals surface area contributed by atoms with Gasteiger partial charge in [-0.3, -0.25) is 20.4 Å². The van der Waals surface area contributed by atoms with Crippen LogP contribution in [0.15, 0.2) is 48.8 Å². The van der Waals surface area contributed by atoms with Gasteiger partial charge in [0.1, 0.15) is 6.54 Å². The normalized spacial score (nSPS) is 9.76. The summed E-state index contributed by atoms with van der Waals surface area (Å²) in [5, 5.41) is 0. The summed E-state index contributed by atoms with van der Waals surface area (Å²) in [5.41, 5.74) is 5.53. The fourth-order valence-electron chi connectivity index (χ4n) is 1.62. The number of anilines is 1. The van der Waals surface area contributed by atoms with Gasteiger partial charge < -0.3 is 4.90 Å². The molecule has 0 aliphatic heterocycles. The summed E-state index contributed by atoms with van der Waals surface area (Å²) >= 11 is 0. The SMILES string of the molecule is CN(CC(=O)NNc1ncccn1)C(=O)c1ccccc1. The number of carbonyl (C=O) groups excluding carboxylic acids is 2. The molecule has 0 aliphatic carbocycles. The van der Waals surface area contributed by atoms with Gasteiger partial charge in [0, 0.05) is 25.0 Å². The molecule has 2 rings (SSSR count). The van der Waals surface area contributed by atoms with Crippen LogP contribution in [-0.2, 0) is 4.79 Å². The fraction of sp³-hybridized carbons (Fsp3) is 0.143. The van der Waals surface area contributed by atoms with Gasteiger partial charge in [-0.15, -0.1) is 0 Å². The lowest BCUT2D eigenvalue weighted by molar-refractivity contribution is -0.121. The van der Waals surface area contributed by atoms with Crippen molar-refractivity contribution in [2.45, 2.75) is 0 Å². The highest BCUT2D eigenvalue weighted by Gasteiger charge is 2.14. The number of amides is 2.